The van der Waals surface area contributed by atoms with Gasteiger partial charge in [0.1, 0.15) is 0 Å². The van der Waals surface area contributed by atoms with Crippen LogP contribution in [0.1, 0.15) is 12.5 Å². The van der Waals surface area contributed by atoms with E-state index in [1.165, 1.54) is 5.56 Å². The fourth-order valence-corrected chi connectivity index (χ4v) is 3.28. The van der Waals surface area contributed by atoms with Crippen molar-refractivity contribution in [3.63, 3.8) is 0 Å². The molecule has 2 aliphatic heterocycles. The summed E-state index contributed by atoms with van der Waals surface area (Å²) < 4.78 is 0. The van der Waals surface area contributed by atoms with E-state index < -0.39 is 0 Å². The summed E-state index contributed by atoms with van der Waals surface area (Å²) in [7, 11) is 0. The molecule has 0 saturated carbocycles. The van der Waals surface area contributed by atoms with E-state index in [1.54, 1.807) is 0 Å². The third-order valence-electron chi connectivity index (χ3n) is 5.15. The van der Waals surface area contributed by atoms with E-state index in [2.05, 4.69) is 52.4 Å². The Morgan fingerprint density at radius 1 is 1.12 bits per heavy atom. The maximum absolute atomic E-state index is 12.5. The molecular formula is C18H29Cl2N3O. The number of rotatable bonds is 5. The second-order valence-corrected chi connectivity index (χ2v) is 6.61. The van der Waals surface area contributed by atoms with Crippen molar-refractivity contribution in [2.75, 3.05) is 45.8 Å². The molecule has 0 radical (unpaired) electrons. The molecule has 1 amide bonds. The lowest BCUT2D eigenvalue weighted by molar-refractivity contribution is -0.139. The molecule has 1 aromatic carbocycles. The van der Waals surface area contributed by atoms with Gasteiger partial charge < -0.3 is 10.2 Å². The molecule has 1 N–H and O–H groups in total. The van der Waals surface area contributed by atoms with Crippen molar-refractivity contribution in [2.24, 2.45) is 11.8 Å². The molecule has 4 nitrogen and oxygen atoms in total. The average molecular weight is 374 g/mol. The van der Waals surface area contributed by atoms with Crippen LogP contribution in [0.15, 0.2) is 30.3 Å². The minimum atomic E-state index is 0. The van der Waals surface area contributed by atoms with Gasteiger partial charge in [-0.2, -0.15) is 0 Å². The Balaban J connectivity index is 0.00000144. The van der Waals surface area contributed by atoms with Crippen LogP contribution in [0.4, 0.5) is 0 Å². The first kappa shape index (κ1) is 21.2. The van der Waals surface area contributed by atoms with Crippen LogP contribution < -0.4 is 5.32 Å². The lowest BCUT2D eigenvalue weighted by atomic mass is 9.88. The van der Waals surface area contributed by atoms with E-state index >= 15 is 0 Å². The van der Waals surface area contributed by atoms with Crippen LogP contribution in [0.5, 0.6) is 0 Å². The van der Waals surface area contributed by atoms with E-state index in [0.717, 1.165) is 52.2 Å². The molecular weight excluding hydrogens is 345 g/mol. The maximum Gasteiger partial charge on any atom is 0.225 e. The van der Waals surface area contributed by atoms with Gasteiger partial charge in [-0.25, -0.2) is 0 Å². The zero-order valence-electron chi connectivity index (χ0n) is 14.3. The molecule has 6 heteroatoms. The molecule has 1 unspecified atom stereocenters. The van der Waals surface area contributed by atoms with Gasteiger partial charge in [-0.1, -0.05) is 37.3 Å². The quantitative estimate of drug-likeness (QED) is 0.857. The predicted octanol–water partition coefficient (Wildman–Crippen LogP) is 2.07. The van der Waals surface area contributed by atoms with Crippen molar-refractivity contribution in [3.8, 4) is 0 Å². The number of nitrogens with zero attached hydrogens (tertiary/aromatic N) is 2. The van der Waals surface area contributed by atoms with Gasteiger partial charge in [0.15, 0.2) is 0 Å². The number of benzene rings is 1. The van der Waals surface area contributed by atoms with Crippen LogP contribution >= 0.6 is 24.8 Å². The summed E-state index contributed by atoms with van der Waals surface area (Å²) in [6.07, 6.45) is 1.10. The standard InChI is InChI=1S/C18H27N3O.2ClH/c1-15(17-13-19-14-17)18(22)21-11-9-20(10-12-21)8-7-16-5-3-2-4-6-16;;/h2-6,15,17,19H,7-14H2,1H3;2*1H. The van der Waals surface area contributed by atoms with Crippen LogP contribution in [0.2, 0.25) is 0 Å². The first-order valence-electron chi connectivity index (χ1n) is 8.50. The normalized spacial score (nSPS) is 19.6. The van der Waals surface area contributed by atoms with Crippen molar-refractivity contribution in [1.29, 1.82) is 0 Å². The monoisotopic (exact) mass is 373 g/mol. The lowest BCUT2D eigenvalue weighted by Gasteiger charge is -2.39. The lowest BCUT2D eigenvalue weighted by Crippen LogP contribution is -2.54. The molecule has 2 aliphatic rings. The number of nitrogens with one attached hydrogen (secondary N) is 1. The number of carbonyl (C=O) groups excluding carboxylic acids is 1. The number of amides is 1. The number of piperazine rings is 1. The Morgan fingerprint density at radius 3 is 2.29 bits per heavy atom. The van der Waals surface area contributed by atoms with Gasteiger partial charge in [0.05, 0.1) is 0 Å². The Labute approximate surface area is 157 Å². The highest BCUT2D eigenvalue weighted by molar-refractivity contribution is 5.85. The van der Waals surface area contributed by atoms with E-state index in [9.17, 15) is 4.79 Å². The molecule has 0 spiro atoms. The van der Waals surface area contributed by atoms with Crippen LogP contribution in [-0.4, -0.2) is 61.5 Å². The van der Waals surface area contributed by atoms with E-state index in [1.807, 2.05) is 0 Å². The largest absolute Gasteiger partial charge is 0.340 e. The van der Waals surface area contributed by atoms with E-state index in [0.29, 0.717) is 11.8 Å². The Hall–Kier alpha value is -0.810. The van der Waals surface area contributed by atoms with Gasteiger partial charge in [0.25, 0.3) is 0 Å². The minimum absolute atomic E-state index is 0. The Bertz CT molecular complexity index is 488. The molecule has 0 aromatic heterocycles. The molecule has 2 saturated heterocycles. The Morgan fingerprint density at radius 2 is 1.75 bits per heavy atom. The molecule has 2 fully saturated rings. The fourth-order valence-electron chi connectivity index (χ4n) is 3.28. The molecule has 24 heavy (non-hydrogen) atoms. The first-order valence-corrected chi connectivity index (χ1v) is 8.50. The van der Waals surface area contributed by atoms with Gasteiger partial charge in [0.2, 0.25) is 5.91 Å². The predicted molar refractivity (Wildman–Crippen MR) is 103 cm³/mol. The zero-order chi connectivity index (χ0) is 15.4. The smallest absolute Gasteiger partial charge is 0.225 e. The van der Waals surface area contributed by atoms with E-state index in [4.69, 9.17) is 0 Å². The maximum atomic E-state index is 12.5. The van der Waals surface area contributed by atoms with Crippen LogP contribution in [0.25, 0.3) is 0 Å². The summed E-state index contributed by atoms with van der Waals surface area (Å²) in [4.78, 5) is 17.0. The second-order valence-electron chi connectivity index (χ2n) is 6.61. The van der Waals surface area contributed by atoms with Gasteiger partial charge in [-0.05, 0) is 31.0 Å². The summed E-state index contributed by atoms with van der Waals surface area (Å²) in [6, 6.07) is 10.6. The SMILES string of the molecule is CC(C(=O)N1CCN(CCc2ccccc2)CC1)C1CNC1.Cl.Cl. The van der Waals surface area contributed by atoms with Gasteiger partial charge in [-0.15, -0.1) is 24.8 Å². The van der Waals surface area contributed by atoms with Gasteiger partial charge >= 0.3 is 0 Å². The molecule has 136 valence electrons. The van der Waals surface area contributed by atoms with Crippen LogP contribution in [-0.2, 0) is 11.2 Å². The molecule has 2 heterocycles. The third kappa shape index (κ3) is 5.35. The summed E-state index contributed by atoms with van der Waals surface area (Å²) in [5, 5.41) is 3.26. The molecule has 1 atom stereocenters. The highest BCUT2D eigenvalue weighted by Crippen LogP contribution is 2.19. The van der Waals surface area contributed by atoms with Crippen LogP contribution in [0, 0.1) is 11.8 Å². The summed E-state index contributed by atoms with van der Waals surface area (Å²) in [5.74, 6) is 1.08. The Kier molecular flexibility index (Phi) is 9.06. The molecule has 0 aliphatic carbocycles. The number of hydrogen-bond donors (Lipinski definition) is 1. The molecule has 0 bridgehead atoms. The third-order valence-corrected chi connectivity index (χ3v) is 5.15. The zero-order valence-corrected chi connectivity index (χ0v) is 16.0. The summed E-state index contributed by atoms with van der Waals surface area (Å²) in [6.45, 7) is 8.98. The number of halogens is 2. The number of hydrogen-bond acceptors (Lipinski definition) is 3. The van der Waals surface area contributed by atoms with E-state index in [-0.39, 0.29) is 30.7 Å². The highest BCUT2D eigenvalue weighted by atomic mass is 35.5. The van der Waals surface area contributed by atoms with Crippen LogP contribution in [0.3, 0.4) is 0 Å². The topological polar surface area (TPSA) is 35.6 Å². The average Bonchev–Trinajstić information content (AvgIpc) is 2.52. The summed E-state index contributed by atoms with van der Waals surface area (Å²) >= 11 is 0. The molecule has 3 rings (SSSR count). The van der Waals surface area contributed by atoms with Crippen molar-refractivity contribution in [3.05, 3.63) is 35.9 Å². The van der Waals surface area contributed by atoms with Crippen molar-refractivity contribution in [1.82, 2.24) is 15.1 Å². The van der Waals surface area contributed by atoms with Crippen molar-refractivity contribution < 1.29 is 4.79 Å². The van der Waals surface area contributed by atoms with Gasteiger partial charge in [-0.3, -0.25) is 9.69 Å². The first-order chi connectivity index (χ1) is 10.7. The highest BCUT2D eigenvalue weighted by Gasteiger charge is 2.32. The fraction of sp³-hybridized carbons (Fsp3) is 0.611. The number of carbonyl (C=O) groups is 1. The minimum Gasteiger partial charge on any atom is -0.340 e. The second kappa shape index (κ2) is 10.2. The summed E-state index contributed by atoms with van der Waals surface area (Å²) in [5.41, 5.74) is 1.40. The van der Waals surface area contributed by atoms with Crippen molar-refractivity contribution in [2.45, 2.75) is 13.3 Å². The molecule has 1 aromatic rings. The van der Waals surface area contributed by atoms with Gasteiger partial charge in [0, 0.05) is 38.6 Å². The van der Waals surface area contributed by atoms with Crippen molar-refractivity contribution >= 4 is 30.7 Å².